The summed E-state index contributed by atoms with van der Waals surface area (Å²) < 4.78 is 1.78. The summed E-state index contributed by atoms with van der Waals surface area (Å²) in [6, 6.07) is 7.87. The van der Waals surface area contributed by atoms with E-state index in [9.17, 15) is 4.79 Å². The Labute approximate surface area is 108 Å². The molecule has 2 rings (SSSR count). The number of benzene rings is 1. The minimum absolute atomic E-state index is 0.140. The molecule has 0 N–H and O–H groups in total. The van der Waals surface area contributed by atoms with Crippen molar-refractivity contribution in [3.8, 4) is 0 Å². The molecule has 96 valence electrons. The molecular formula is C15H20N2O. The number of aryl methyl sites for hydroxylation is 1. The summed E-state index contributed by atoms with van der Waals surface area (Å²) in [7, 11) is 1.88. The summed E-state index contributed by atoms with van der Waals surface area (Å²) in [6.07, 6.45) is 1.45. The van der Waals surface area contributed by atoms with Crippen LogP contribution in [-0.4, -0.2) is 15.6 Å². The Morgan fingerprint density at radius 2 is 1.94 bits per heavy atom. The first kappa shape index (κ1) is 12.8. The van der Waals surface area contributed by atoms with Crippen LogP contribution in [0.4, 0.5) is 0 Å². The maximum Gasteiger partial charge on any atom is 0.183 e. The van der Waals surface area contributed by atoms with Crippen molar-refractivity contribution in [2.75, 3.05) is 0 Å². The minimum atomic E-state index is 0.140. The van der Waals surface area contributed by atoms with Gasteiger partial charge in [0.15, 0.2) is 5.78 Å². The van der Waals surface area contributed by atoms with Gasteiger partial charge in [0.25, 0.3) is 0 Å². The standard InChI is InChI=1S/C15H20N2O/c1-15(2,3)10-9-13(18)14-11-7-5-6-8-12(11)17(4)16-14/h5-8H,9-10H2,1-4H3. The lowest BCUT2D eigenvalue weighted by atomic mass is 9.89. The van der Waals surface area contributed by atoms with E-state index in [-0.39, 0.29) is 11.2 Å². The van der Waals surface area contributed by atoms with E-state index in [2.05, 4.69) is 25.9 Å². The molecule has 0 saturated heterocycles. The second-order valence-electron chi connectivity index (χ2n) is 5.97. The van der Waals surface area contributed by atoms with Crippen LogP contribution in [0.1, 0.15) is 44.1 Å². The molecule has 1 aromatic carbocycles. The summed E-state index contributed by atoms with van der Waals surface area (Å²) in [5.41, 5.74) is 1.80. The van der Waals surface area contributed by atoms with Gasteiger partial charge in [-0.2, -0.15) is 5.10 Å². The van der Waals surface area contributed by atoms with Gasteiger partial charge in [0.1, 0.15) is 5.69 Å². The van der Waals surface area contributed by atoms with Crippen LogP contribution in [0.3, 0.4) is 0 Å². The number of rotatable bonds is 3. The lowest BCUT2D eigenvalue weighted by Crippen LogP contribution is -2.10. The molecule has 3 nitrogen and oxygen atoms in total. The smallest absolute Gasteiger partial charge is 0.183 e. The van der Waals surface area contributed by atoms with Gasteiger partial charge in [-0.25, -0.2) is 0 Å². The number of carbonyl (C=O) groups is 1. The van der Waals surface area contributed by atoms with Crippen molar-refractivity contribution < 1.29 is 4.79 Å². The number of para-hydroxylation sites is 1. The summed E-state index contributed by atoms with van der Waals surface area (Å²) in [5, 5.41) is 5.31. The average Bonchev–Trinajstić information content (AvgIpc) is 2.64. The Hall–Kier alpha value is -1.64. The number of fused-ring (bicyclic) bond motifs is 1. The van der Waals surface area contributed by atoms with E-state index >= 15 is 0 Å². The first-order chi connectivity index (χ1) is 8.38. The lowest BCUT2D eigenvalue weighted by molar-refractivity contribution is 0.0962. The normalized spacial score (nSPS) is 12.0. The SMILES string of the molecule is Cn1nc(C(=O)CCC(C)(C)C)c2ccccc21. The van der Waals surface area contributed by atoms with Crippen LogP contribution in [0, 0.1) is 5.41 Å². The van der Waals surface area contributed by atoms with Crippen molar-refractivity contribution >= 4 is 16.7 Å². The van der Waals surface area contributed by atoms with Crippen LogP contribution in [0.5, 0.6) is 0 Å². The van der Waals surface area contributed by atoms with Gasteiger partial charge >= 0.3 is 0 Å². The van der Waals surface area contributed by atoms with Crippen LogP contribution in [-0.2, 0) is 7.05 Å². The number of nitrogens with zero attached hydrogens (tertiary/aromatic N) is 2. The van der Waals surface area contributed by atoms with Crippen molar-refractivity contribution in [3.63, 3.8) is 0 Å². The molecule has 0 fully saturated rings. The van der Waals surface area contributed by atoms with E-state index in [1.54, 1.807) is 4.68 Å². The van der Waals surface area contributed by atoms with Crippen LogP contribution in [0.2, 0.25) is 0 Å². The molecule has 0 amide bonds. The second kappa shape index (κ2) is 4.56. The van der Waals surface area contributed by atoms with Crippen molar-refractivity contribution in [1.29, 1.82) is 0 Å². The number of hydrogen-bond acceptors (Lipinski definition) is 2. The highest BCUT2D eigenvalue weighted by Crippen LogP contribution is 2.24. The summed E-state index contributed by atoms with van der Waals surface area (Å²) in [5.74, 6) is 0.140. The van der Waals surface area contributed by atoms with Gasteiger partial charge in [0, 0.05) is 18.9 Å². The lowest BCUT2D eigenvalue weighted by Gasteiger charge is -2.16. The van der Waals surface area contributed by atoms with Gasteiger partial charge in [-0.05, 0) is 17.9 Å². The molecule has 0 radical (unpaired) electrons. The van der Waals surface area contributed by atoms with Crippen molar-refractivity contribution in [2.45, 2.75) is 33.6 Å². The van der Waals surface area contributed by atoms with Gasteiger partial charge < -0.3 is 0 Å². The van der Waals surface area contributed by atoms with E-state index in [4.69, 9.17) is 0 Å². The van der Waals surface area contributed by atoms with Gasteiger partial charge in [-0.3, -0.25) is 9.48 Å². The Balaban J connectivity index is 2.28. The third-order valence-corrected chi connectivity index (χ3v) is 3.12. The molecule has 0 aliphatic rings. The zero-order valence-electron chi connectivity index (χ0n) is 11.5. The van der Waals surface area contributed by atoms with E-state index in [1.165, 1.54) is 0 Å². The first-order valence-corrected chi connectivity index (χ1v) is 6.33. The molecule has 0 unspecified atom stereocenters. The van der Waals surface area contributed by atoms with E-state index in [0.717, 1.165) is 17.3 Å². The maximum absolute atomic E-state index is 12.2. The van der Waals surface area contributed by atoms with Gasteiger partial charge in [0.2, 0.25) is 0 Å². The molecule has 0 saturated carbocycles. The molecule has 0 spiro atoms. The van der Waals surface area contributed by atoms with Crippen LogP contribution in [0.15, 0.2) is 24.3 Å². The fourth-order valence-corrected chi connectivity index (χ4v) is 2.03. The van der Waals surface area contributed by atoms with Crippen LogP contribution in [0.25, 0.3) is 10.9 Å². The Kier molecular flexibility index (Phi) is 3.24. The largest absolute Gasteiger partial charge is 0.292 e. The Morgan fingerprint density at radius 1 is 1.28 bits per heavy atom. The molecule has 3 heteroatoms. The molecule has 0 aliphatic carbocycles. The second-order valence-corrected chi connectivity index (χ2v) is 5.97. The van der Waals surface area contributed by atoms with E-state index in [0.29, 0.717) is 12.1 Å². The molecule has 1 heterocycles. The topological polar surface area (TPSA) is 34.9 Å². The van der Waals surface area contributed by atoms with E-state index in [1.807, 2.05) is 31.3 Å². The number of hydrogen-bond donors (Lipinski definition) is 0. The molecule has 0 aliphatic heterocycles. The Morgan fingerprint density at radius 3 is 2.61 bits per heavy atom. The third kappa shape index (κ3) is 2.61. The predicted molar refractivity (Wildman–Crippen MR) is 73.7 cm³/mol. The molecule has 2 aromatic rings. The predicted octanol–water partition coefficient (Wildman–Crippen LogP) is 3.58. The summed E-state index contributed by atoms with van der Waals surface area (Å²) in [6.45, 7) is 6.45. The van der Waals surface area contributed by atoms with Gasteiger partial charge in [-0.15, -0.1) is 0 Å². The maximum atomic E-state index is 12.2. The van der Waals surface area contributed by atoms with E-state index < -0.39 is 0 Å². The number of ketones is 1. The summed E-state index contributed by atoms with van der Waals surface area (Å²) in [4.78, 5) is 12.2. The fourth-order valence-electron chi connectivity index (χ4n) is 2.03. The molecule has 0 atom stereocenters. The molecule has 18 heavy (non-hydrogen) atoms. The monoisotopic (exact) mass is 244 g/mol. The minimum Gasteiger partial charge on any atom is -0.292 e. The number of Topliss-reactive ketones (excluding diaryl/α,β-unsaturated/α-hetero) is 1. The highest BCUT2D eigenvalue weighted by atomic mass is 16.1. The third-order valence-electron chi connectivity index (χ3n) is 3.12. The van der Waals surface area contributed by atoms with Crippen molar-refractivity contribution in [1.82, 2.24) is 9.78 Å². The highest BCUT2D eigenvalue weighted by molar-refractivity contribution is 6.05. The zero-order chi connectivity index (χ0) is 13.3. The van der Waals surface area contributed by atoms with Crippen LogP contribution < -0.4 is 0 Å². The number of aromatic nitrogens is 2. The average molecular weight is 244 g/mol. The van der Waals surface area contributed by atoms with Crippen molar-refractivity contribution in [2.24, 2.45) is 12.5 Å². The van der Waals surface area contributed by atoms with Gasteiger partial charge in [0.05, 0.1) is 5.52 Å². The van der Waals surface area contributed by atoms with Crippen molar-refractivity contribution in [3.05, 3.63) is 30.0 Å². The molecule has 1 aromatic heterocycles. The molecular weight excluding hydrogens is 224 g/mol. The fraction of sp³-hybridized carbons (Fsp3) is 0.467. The summed E-state index contributed by atoms with van der Waals surface area (Å²) >= 11 is 0. The van der Waals surface area contributed by atoms with Crippen LogP contribution >= 0.6 is 0 Å². The quantitative estimate of drug-likeness (QED) is 0.773. The molecule has 0 bridgehead atoms. The first-order valence-electron chi connectivity index (χ1n) is 6.33. The Bertz CT molecular complexity index is 576. The zero-order valence-corrected chi connectivity index (χ0v) is 11.5. The highest BCUT2D eigenvalue weighted by Gasteiger charge is 2.18. The number of carbonyl (C=O) groups excluding carboxylic acids is 1. The van der Waals surface area contributed by atoms with Gasteiger partial charge in [-0.1, -0.05) is 39.0 Å².